The quantitative estimate of drug-likeness (QED) is 0.737. The SMILES string of the molecule is CC(C)(C)OC(=O)Nc1cccc(C(=O)OCC(=O)Nc2sccc2C#N)c1. The van der Waals surface area contributed by atoms with Crippen molar-refractivity contribution < 1.29 is 23.9 Å². The molecule has 0 saturated heterocycles. The highest BCUT2D eigenvalue weighted by molar-refractivity contribution is 7.14. The van der Waals surface area contributed by atoms with Crippen LogP contribution in [0.1, 0.15) is 36.7 Å². The van der Waals surface area contributed by atoms with E-state index in [0.717, 1.165) is 0 Å². The minimum Gasteiger partial charge on any atom is -0.452 e. The summed E-state index contributed by atoms with van der Waals surface area (Å²) in [6.45, 7) is 4.70. The Morgan fingerprint density at radius 2 is 1.93 bits per heavy atom. The van der Waals surface area contributed by atoms with Crippen LogP contribution in [-0.2, 0) is 14.3 Å². The summed E-state index contributed by atoms with van der Waals surface area (Å²) in [7, 11) is 0. The number of ether oxygens (including phenoxy) is 2. The fourth-order valence-corrected chi connectivity index (χ4v) is 2.77. The first kappa shape index (κ1) is 20.9. The number of nitrogens with one attached hydrogen (secondary N) is 2. The van der Waals surface area contributed by atoms with Crippen LogP contribution in [0.25, 0.3) is 0 Å². The molecule has 0 bridgehead atoms. The van der Waals surface area contributed by atoms with Crippen molar-refractivity contribution in [2.45, 2.75) is 26.4 Å². The Hall–Kier alpha value is -3.38. The van der Waals surface area contributed by atoms with Gasteiger partial charge in [0.25, 0.3) is 5.91 Å². The minimum absolute atomic E-state index is 0.162. The van der Waals surface area contributed by atoms with Crippen molar-refractivity contribution in [2.24, 2.45) is 0 Å². The lowest BCUT2D eigenvalue weighted by molar-refractivity contribution is -0.119. The van der Waals surface area contributed by atoms with Crippen LogP contribution in [0.5, 0.6) is 0 Å². The highest BCUT2D eigenvalue weighted by atomic mass is 32.1. The van der Waals surface area contributed by atoms with E-state index >= 15 is 0 Å². The van der Waals surface area contributed by atoms with Crippen molar-refractivity contribution in [3.05, 3.63) is 46.8 Å². The van der Waals surface area contributed by atoms with Crippen LogP contribution < -0.4 is 10.6 Å². The van der Waals surface area contributed by atoms with Gasteiger partial charge in [0.1, 0.15) is 16.7 Å². The summed E-state index contributed by atoms with van der Waals surface area (Å²) in [6.07, 6.45) is -0.651. The molecule has 1 heterocycles. The molecule has 1 aromatic carbocycles. The maximum Gasteiger partial charge on any atom is 0.412 e. The molecule has 28 heavy (non-hydrogen) atoms. The van der Waals surface area contributed by atoms with Crippen LogP contribution in [0.2, 0.25) is 0 Å². The summed E-state index contributed by atoms with van der Waals surface area (Å²) in [4.78, 5) is 35.8. The first-order valence-electron chi connectivity index (χ1n) is 8.22. The maximum atomic E-state index is 12.1. The lowest BCUT2D eigenvalue weighted by atomic mass is 10.2. The van der Waals surface area contributed by atoms with Crippen molar-refractivity contribution in [2.75, 3.05) is 17.2 Å². The van der Waals surface area contributed by atoms with Crippen LogP contribution in [0.15, 0.2) is 35.7 Å². The molecule has 2 rings (SSSR count). The number of carbonyl (C=O) groups is 3. The third kappa shape index (κ3) is 6.41. The standard InChI is InChI=1S/C19H19N3O5S/c1-19(2,3)27-18(25)21-14-6-4-5-12(9-14)17(24)26-11-15(23)22-16-13(10-20)7-8-28-16/h4-9H,11H2,1-3H3,(H,21,25)(H,22,23). The molecule has 0 aliphatic rings. The molecular formula is C19H19N3O5S. The number of amides is 2. The molecule has 1 aromatic heterocycles. The molecule has 2 amide bonds. The summed E-state index contributed by atoms with van der Waals surface area (Å²) in [5.74, 6) is -1.29. The van der Waals surface area contributed by atoms with Crippen molar-refractivity contribution in [3.8, 4) is 6.07 Å². The average Bonchev–Trinajstić information content (AvgIpc) is 3.05. The molecule has 0 atom stereocenters. The number of hydrogen-bond donors (Lipinski definition) is 2. The molecule has 2 N–H and O–H groups in total. The van der Waals surface area contributed by atoms with E-state index in [9.17, 15) is 14.4 Å². The Balaban J connectivity index is 1.91. The summed E-state index contributed by atoms with van der Waals surface area (Å²) in [5.41, 5.74) is 0.202. The van der Waals surface area contributed by atoms with Gasteiger partial charge in [0.05, 0.1) is 11.1 Å². The Morgan fingerprint density at radius 3 is 2.61 bits per heavy atom. The lowest BCUT2D eigenvalue weighted by Crippen LogP contribution is -2.27. The largest absolute Gasteiger partial charge is 0.452 e. The molecular weight excluding hydrogens is 382 g/mol. The summed E-state index contributed by atoms with van der Waals surface area (Å²) < 4.78 is 10.1. The molecule has 146 valence electrons. The summed E-state index contributed by atoms with van der Waals surface area (Å²) in [6, 6.07) is 9.59. The third-order valence-electron chi connectivity index (χ3n) is 3.12. The second-order valence-electron chi connectivity index (χ2n) is 6.61. The molecule has 8 nitrogen and oxygen atoms in total. The van der Waals surface area contributed by atoms with Crippen LogP contribution in [-0.4, -0.2) is 30.2 Å². The molecule has 9 heteroatoms. The van der Waals surface area contributed by atoms with E-state index in [2.05, 4.69) is 10.6 Å². The number of nitriles is 1. The molecule has 0 unspecified atom stereocenters. The number of carbonyl (C=O) groups excluding carboxylic acids is 3. The molecule has 0 fully saturated rings. The molecule has 0 spiro atoms. The van der Waals surface area contributed by atoms with Gasteiger partial charge in [-0.25, -0.2) is 9.59 Å². The van der Waals surface area contributed by atoms with Gasteiger partial charge in [0.15, 0.2) is 6.61 Å². The highest BCUT2D eigenvalue weighted by Crippen LogP contribution is 2.22. The normalized spacial score (nSPS) is 10.5. The second-order valence-corrected chi connectivity index (χ2v) is 7.52. The van der Waals surface area contributed by atoms with Gasteiger partial charge in [-0.05, 0) is 50.4 Å². The average molecular weight is 401 g/mol. The molecule has 0 aliphatic carbocycles. The first-order valence-corrected chi connectivity index (χ1v) is 9.10. The van der Waals surface area contributed by atoms with Crippen LogP contribution in [0.3, 0.4) is 0 Å². The van der Waals surface area contributed by atoms with Gasteiger partial charge >= 0.3 is 12.1 Å². The van der Waals surface area contributed by atoms with Crippen LogP contribution >= 0.6 is 11.3 Å². The van der Waals surface area contributed by atoms with Gasteiger partial charge in [0.2, 0.25) is 0 Å². The van der Waals surface area contributed by atoms with E-state index in [1.165, 1.54) is 23.5 Å². The number of anilines is 2. The van der Waals surface area contributed by atoms with E-state index in [1.54, 1.807) is 44.4 Å². The fraction of sp³-hybridized carbons (Fsp3) is 0.263. The van der Waals surface area contributed by atoms with Crippen molar-refractivity contribution in [3.63, 3.8) is 0 Å². The fourth-order valence-electron chi connectivity index (χ4n) is 2.02. The monoisotopic (exact) mass is 401 g/mol. The number of thiophene rings is 1. The van der Waals surface area contributed by atoms with Gasteiger partial charge in [-0.15, -0.1) is 11.3 Å². The number of esters is 1. The van der Waals surface area contributed by atoms with Crippen LogP contribution in [0, 0.1) is 11.3 Å². The Labute approximate surface area is 166 Å². The van der Waals surface area contributed by atoms with E-state index in [-0.39, 0.29) is 5.56 Å². The zero-order valence-electron chi connectivity index (χ0n) is 15.6. The number of rotatable bonds is 5. The summed E-state index contributed by atoms with van der Waals surface area (Å²) >= 11 is 1.20. The predicted octanol–water partition coefficient (Wildman–Crippen LogP) is 3.76. The molecule has 0 aliphatic heterocycles. The van der Waals surface area contributed by atoms with Gasteiger partial charge < -0.3 is 14.8 Å². The zero-order chi connectivity index (χ0) is 20.7. The van der Waals surface area contributed by atoms with Gasteiger partial charge in [-0.1, -0.05) is 6.07 Å². The van der Waals surface area contributed by atoms with Gasteiger partial charge in [-0.3, -0.25) is 10.1 Å². The molecule has 2 aromatic rings. The Kier molecular flexibility index (Phi) is 6.74. The second kappa shape index (κ2) is 9.01. The topological polar surface area (TPSA) is 118 Å². The number of hydrogen-bond acceptors (Lipinski definition) is 7. The maximum absolute atomic E-state index is 12.1. The van der Waals surface area contributed by atoms with E-state index in [4.69, 9.17) is 14.7 Å². The molecule has 0 saturated carbocycles. The Bertz CT molecular complexity index is 924. The smallest absolute Gasteiger partial charge is 0.412 e. The van der Waals surface area contributed by atoms with Crippen molar-refractivity contribution in [1.82, 2.24) is 0 Å². The zero-order valence-corrected chi connectivity index (χ0v) is 16.4. The number of nitrogens with zero attached hydrogens (tertiary/aromatic N) is 1. The van der Waals surface area contributed by atoms with E-state index < -0.39 is 30.2 Å². The first-order chi connectivity index (χ1) is 13.2. The van der Waals surface area contributed by atoms with E-state index in [1.807, 2.05) is 6.07 Å². The van der Waals surface area contributed by atoms with Crippen LogP contribution in [0.4, 0.5) is 15.5 Å². The highest BCUT2D eigenvalue weighted by Gasteiger charge is 2.17. The van der Waals surface area contributed by atoms with Gasteiger partial charge in [-0.2, -0.15) is 5.26 Å². The molecule has 0 radical (unpaired) electrons. The Morgan fingerprint density at radius 1 is 1.18 bits per heavy atom. The van der Waals surface area contributed by atoms with E-state index in [0.29, 0.717) is 16.3 Å². The predicted molar refractivity (Wildman–Crippen MR) is 104 cm³/mol. The number of benzene rings is 1. The van der Waals surface area contributed by atoms with Crippen molar-refractivity contribution >= 4 is 40.0 Å². The lowest BCUT2D eigenvalue weighted by Gasteiger charge is -2.19. The van der Waals surface area contributed by atoms with Gasteiger partial charge in [0, 0.05) is 5.69 Å². The van der Waals surface area contributed by atoms with Crippen molar-refractivity contribution in [1.29, 1.82) is 5.26 Å². The summed E-state index contributed by atoms with van der Waals surface area (Å²) in [5, 5.41) is 16.0. The minimum atomic E-state index is -0.727. The third-order valence-corrected chi connectivity index (χ3v) is 3.95.